The van der Waals surface area contributed by atoms with E-state index in [1.165, 1.54) is 10.4 Å². The van der Waals surface area contributed by atoms with Crippen molar-refractivity contribution < 1.29 is 9.90 Å². The summed E-state index contributed by atoms with van der Waals surface area (Å²) in [5, 5.41) is 16.2. The Morgan fingerprint density at radius 3 is 2.73 bits per heavy atom. The summed E-state index contributed by atoms with van der Waals surface area (Å²) < 4.78 is 0. The number of nitrogens with zero attached hydrogens (tertiary/aromatic N) is 1. The summed E-state index contributed by atoms with van der Waals surface area (Å²) in [6, 6.07) is 10.0. The second-order valence-electron chi connectivity index (χ2n) is 7.27. The molecule has 26 heavy (non-hydrogen) atoms. The normalized spacial score (nSPS) is 25.3. The zero-order valence-electron chi connectivity index (χ0n) is 14.9. The molecular weight excluding hydrogens is 368 g/mol. The van der Waals surface area contributed by atoms with Gasteiger partial charge in [0.2, 0.25) is 0 Å². The van der Waals surface area contributed by atoms with E-state index in [-0.39, 0.29) is 24.2 Å². The number of amides is 1. The summed E-state index contributed by atoms with van der Waals surface area (Å²) in [6.07, 6.45) is 1.46. The average Bonchev–Trinajstić information content (AvgIpc) is 3.06. The van der Waals surface area contributed by atoms with E-state index in [9.17, 15) is 9.90 Å². The predicted molar refractivity (Wildman–Crippen MR) is 108 cm³/mol. The fourth-order valence-electron chi connectivity index (χ4n) is 4.02. The van der Waals surface area contributed by atoms with Crippen molar-refractivity contribution in [3.63, 3.8) is 0 Å². The molecule has 2 N–H and O–H groups in total. The van der Waals surface area contributed by atoms with Crippen molar-refractivity contribution in [3.05, 3.63) is 46.8 Å². The molecule has 0 aliphatic carbocycles. The fourth-order valence-corrected chi connectivity index (χ4v) is 4.96. The van der Waals surface area contributed by atoms with Gasteiger partial charge >= 0.3 is 0 Å². The smallest absolute Gasteiger partial charge is 0.253 e. The predicted octanol–water partition coefficient (Wildman–Crippen LogP) is 3.33. The van der Waals surface area contributed by atoms with Gasteiger partial charge in [-0.1, -0.05) is 12.1 Å². The molecule has 1 aromatic heterocycles. The van der Waals surface area contributed by atoms with Crippen molar-refractivity contribution in [1.29, 1.82) is 0 Å². The number of fused-ring (bicyclic) bond motifs is 1. The van der Waals surface area contributed by atoms with Gasteiger partial charge in [0.1, 0.15) is 0 Å². The fraction of sp³-hybridized carbons (Fsp3) is 0.450. The van der Waals surface area contributed by atoms with E-state index in [2.05, 4.69) is 23.7 Å². The lowest BCUT2D eigenvalue weighted by molar-refractivity contribution is -0.0817. The van der Waals surface area contributed by atoms with E-state index >= 15 is 0 Å². The highest BCUT2D eigenvalue weighted by Crippen LogP contribution is 2.34. The number of nitrogens with one attached hydrogen (secondary N) is 1. The molecule has 3 heterocycles. The number of aryl methyl sites for hydroxylation is 1. The molecule has 4 nitrogen and oxygen atoms in total. The number of thiophene rings is 1. The number of halogens is 1. The Morgan fingerprint density at radius 2 is 2.04 bits per heavy atom. The van der Waals surface area contributed by atoms with Crippen molar-refractivity contribution in [2.24, 2.45) is 5.92 Å². The molecule has 2 atom stereocenters. The first-order valence-corrected chi connectivity index (χ1v) is 9.82. The van der Waals surface area contributed by atoms with Crippen molar-refractivity contribution in [2.75, 3.05) is 26.2 Å². The number of likely N-dealkylation sites (tertiary alicyclic amines) is 1. The Kier molecular flexibility index (Phi) is 5.72. The lowest BCUT2D eigenvalue weighted by Crippen LogP contribution is -2.59. The number of rotatable bonds is 2. The zero-order valence-corrected chi connectivity index (χ0v) is 16.5. The molecule has 2 aromatic rings. The first kappa shape index (κ1) is 19.4. The van der Waals surface area contributed by atoms with Gasteiger partial charge < -0.3 is 15.3 Å². The lowest BCUT2D eigenvalue weighted by Gasteiger charge is -2.47. The van der Waals surface area contributed by atoms with Crippen molar-refractivity contribution >= 4 is 29.7 Å². The second-order valence-corrected chi connectivity index (χ2v) is 8.18. The molecular formula is C20H25ClN2O2S. The Hall–Kier alpha value is -1.40. The first-order valence-electron chi connectivity index (χ1n) is 8.94. The molecule has 2 aliphatic heterocycles. The minimum Gasteiger partial charge on any atom is -0.389 e. The van der Waals surface area contributed by atoms with Crippen molar-refractivity contribution in [1.82, 2.24) is 10.2 Å². The number of carbonyl (C=O) groups excluding carboxylic acids is 1. The summed E-state index contributed by atoms with van der Waals surface area (Å²) in [5.41, 5.74) is 2.56. The van der Waals surface area contributed by atoms with Gasteiger partial charge in [-0.05, 0) is 61.0 Å². The zero-order chi connectivity index (χ0) is 17.4. The minimum absolute atomic E-state index is 0. The number of carbonyl (C=O) groups is 1. The standard InChI is InChI=1S/C20H24N2O2S.ClH/c1-14-6-11-25-18(14)15-2-4-16(5-3-15)19(23)22-10-8-20(24)7-9-21-12-17(20)13-22;/h2-6,11,17,21,24H,7-10,12-13H2,1H3;1H/t17-,20-;/m0./s1. The lowest BCUT2D eigenvalue weighted by atomic mass is 9.76. The Bertz CT molecular complexity index is 776. The van der Waals surface area contributed by atoms with E-state index in [0.29, 0.717) is 19.5 Å². The van der Waals surface area contributed by atoms with Gasteiger partial charge in [0.25, 0.3) is 5.91 Å². The van der Waals surface area contributed by atoms with Gasteiger partial charge in [0.15, 0.2) is 0 Å². The molecule has 6 heteroatoms. The molecule has 0 spiro atoms. The molecule has 4 rings (SSSR count). The van der Waals surface area contributed by atoms with Crippen LogP contribution < -0.4 is 5.32 Å². The Balaban J connectivity index is 0.00000196. The number of piperidine rings is 2. The van der Waals surface area contributed by atoms with Crippen LogP contribution in [0.25, 0.3) is 10.4 Å². The summed E-state index contributed by atoms with van der Waals surface area (Å²) in [5.74, 6) is 0.203. The van der Waals surface area contributed by atoms with Crippen LogP contribution in [0, 0.1) is 12.8 Å². The third kappa shape index (κ3) is 3.54. The van der Waals surface area contributed by atoms with Gasteiger partial charge in [0.05, 0.1) is 5.60 Å². The quantitative estimate of drug-likeness (QED) is 0.824. The third-order valence-electron chi connectivity index (χ3n) is 5.68. The molecule has 1 amide bonds. The van der Waals surface area contributed by atoms with Crippen LogP contribution in [0.1, 0.15) is 28.8 Å². The summed E-state index contributed by atoms with van der Waals surface area (Å²) >= 11 is 1.73. The number of hydrogen-bond donors (Lipinski definition) is 2. The topological polar surface area (TPSA) is 52.6 Å². The molecule has 0 bridgehead atoms. The Morgan fingerprint density at radius 1 is 1.27 bits per heavy atom. The Labute approximate surface area is 164 Å². The largest absolute Gasteiger partial charge is 0.389 e. The second kappa shape index (κ2) is 7.69. The molecule has 2 aliphatic rings. The highest BCUT2D eigenvalue weighted by molar-refractivity contribution is 7.13. The molecule has 2 fully saturated rings. The van der Waals surface area contributed by atoms with Crippen molar-refractivity contribution in [2.45, 2.75) is 25.4 Å². The van der Waals surface area contributed by atoms with Crippen LogP contribution in [0.15, 0.2) is 35.7 Å². The van der Waals surface area contributed by atoms with Gasteiger partial charge in [0, 0.05) is 36.0 Å². The van der Waals surface area contributed by atoms with E-state index < -0.39 is 5.60 Å². The van der Waals surface area contributed by atoms with Gasteiger partial charge in [-0.2, -0.15) is 0 Å². The molecule has 2 saturated heterocycles. The summed E-state index contributed by atoms with van der Waals surface area (Å²) in [6.45, 7) is 5.03. The molecule has 1 aromatic carbocycles. The third-order valence-corrected chi connectivity index (χ3v) is 6.75. The van der Waals surface area contributed by atoms with E-state index in [0.717, 1.165) is 30.6 Å². The van der Waals surface area contributed by atoms with Crippen LogP contribution in [-0.2, 0) is 0 Å². The maximum Gasteiger partial charge on any atom is 0.253 e. The number of aliphatic hydroxyl groups is 1. The van der Waals surface area contributed by atoms with E-state index in [4.69, 9.17) is 0 Å². The number of hydrogen-bond acceptors (Lipinski definition) is 4. The van der Waals surface area contributed by atoms with Gasteiger partial charge in [-0.25, -0.2) is 0 Å². The molecule has 140 valence electrons. The number of benzene rings is 1. The first-order chi connectivity index (χ1) is 12.1. The van der Waals surface area contributed by atoms with Gasteiger partial charge in [-0.15, -0.1) is 23.7 Å². The van der Waals surface area contributed by atoms with Crippen LogP contribution >= 0.6 is 23.7 Å². The highest BCUT2D eigenvalue weighted by Gasteiger charge is 2.43. The summed E-state index contributed by atoms with van der Waals surface area (Å²) in [7, 11) is 0. The maximum atomic E-state index is 12.9. The van der Waals surface area contributed by atoms with Crippen LogP contribution in [0.5, 0.6) is 0 Å². The molecule has 0 unspecified atom stereocenters. The minimum atomic E-state index is -0.595. The van der Waals surface area contributed by atoms with Gasteiger partial charge in [-0.3, -0.25) is 4.79 Å². The van der Waals surface area contributed by atoms with Crippen molar-refractivity contribution in [3.8, 4) is 10.4 Å². The molecule has 0 saturated carbocycles. The maximum absolute atomic E-state index is 12.9. The highest BCUT2D eigenvalue weighted by atomic mass is 35.5. The van der Waals surface area contributed by atoms with Crippen LogP contribution in [0.3, 0.4) is 0 Å². The monoisotopic (exact) mass is 392 g/mol. The van der Waals surface area contributed by atoms with E-state index in [1.807, 2.05) is 29.2 Å². The van der Waals surface area contributed by atoms with Crippen LogP contribution in [0.4, 0.5) is 0 Å². The van der Waals surface area contributed by atoms with Crippen LogP contribution in [-0.4, -0.2) is 47.7 Å². The SMILES string of the molecule is Cc1ccsc1-c1ccc(C(=O)N2CC[C@@]3(O)CCNC[C@H]3C2)cc1.Cl. The molecule has 0 radical (unpaired) electrons. The average molecular weight is 393 g/mol. The van der Waals surface area contributed by atoms with Crippen LogP contribution in [0.2, 0.25) is 0 Å². The summed E-state index contributed by atoms with van der Waals surface area (Å²) in [4.78, 5) is 16.0. The van der Waals surface area contributed by atoms with E-state index in [1.54, 1.807) is 11.3 Å².